The largest absolute Gasteiger partial charge is 0.497 e. The summed E-state index contributed by atoms with van der Waals surface area (Å²) in [6.45, 7) is 9.93. The monoisotopic (exact) mass is 437 g/mol. The van der Waals surface area contributed by atoms with Crippen molar-refractivity contribution < 1.29 is 23.8 Å². The lowest BCUT2D eigenvalue weighted by atomic mass is 9.76. The summed E-state index contributed by atoms with van der Waals surface area (Å²) in [6.07, 6.45) is 4.08. The summed E-state index contributed by atoms with van der Waals surface area (Å²) in [5.41, 5.74) is -0.163. The van der Waals surface area contributed by atoms with E-state index >= 15 is 0 Å². The van der Waals surface area contributed by atoms with Crippen molar-refractivity contribution in [3.05, 3.63) is 59.7 Å². The van der Waals surface area contributed by atoms with Crippen molar-refractivity contribution in [3.63, 3.8) is 0 Å². The van der Waals surface area contributed by atoms with Crippen LogP contribution < -0.4 is 14.8 Å². The highest BCUT2D eigenvalue weighted by atomic mass is 16.6. The van der Waals surface area contributed by atoms with E-state index < -0.39 is 23.5 Å². The Balaban J connectivity index is 2.44. The summed E-state index contributed by atoms with van der Waals surface area (Å²) in [6, 6.07) is 13.4. The molecule has 2 rings (SSSR count). The van der Waals surface area contributed by atoms with Crippen molar-refractivity contribution >= 4 is 11.9 Å². The molecular formula is C26H31NO5. The third kappa shape index (κ3) is 6.04. The molecule has 0 aliphatic rings. The van der Waals surface area contributed by atoms with Crippen LogP contribution in [0.25, 0.3) is 0 Å². The molecule has 0 radical (unpaired) electrons. The first kappa shape index (κ1) is 24.8. The lowest BCUT2D eigenvalue weighted by molar-refractivity contribution is -0.133. The van der Waals surface area contributed by atoms with E-state index in [1.54, 1.807) is 48.5 Å². The van der Waals surface area contributed by atoms with E-state index in [1.807, 2.05) is 34.6 Å². The van der Waals surface area contributed by atoms with E-state index in [0.29, 0.717) is 17.1 Å². The van der Waals surface area contributed by atoms with Gasteiger partial charge in [0, 0.05) is 11.1 Å². The summed E-state index contributed by atoms with van der Waals surface area (Å²) in [5.74, 6) is 2.16. The van der Waals surface area contributed by atoms with Gasteiger partial charge in [-0.2, -0.15) is 0 Å². The Labute approximate surface area is 190 Å². The molecule has 0 saturated heterocycles. The summed E-state index contributed by atoms with van der Waals surface area (Å²) >= 11 is 0. The van der Waals surface area contributed by atoms with Gasteiger partial charge < -0.3 is 19.5 Å². The Morgan fingerprint density at radius 1 is 1.06 bits per heavy atom. The number of para-hydroxylation sites is 1. The fraction of sp³-hybridized carbons (Fsp3) is 0.385. The molecule has 0 saturated carbocycles. The highest BCUT2D eigenvalue weighted by Gasteiger charge is 2.38. The number of amides is 1. The molecule has 0 spiro atoms. The van der Waals surface area contributed by atoms with Gasteiger partial charge >= 0.3 is 5.97 Å². The Hall–Kier alpha value is -3.46. The van der Waals surface area contributed by atoms with E-state index in [4.69, 9.17) is 20.6 Å². The first-order chi connectivity index (χ1) is 15.0. The quantitative estimate of drug-likeness (QED) is 0.485. The van der Waals surface area contributed by atoms with E-state index in [-0.39, 0.29) is 17.6 Å². The molecule has 6 heteroatoms. The second kappa shape index (κ2) is 10.2. The number of esters is 1. The second-order valence-corrected chi connectivity index (χ2v) is 8.91. The van der Waals surface area contributed by atoms with Crippen LogP contribution in [0.1, 0.15) is 56.6 Å². The smallest absolute Gasteiger partial charge is 0.339 e. The third-order valence-electron chi connectivity index (χ3n) is 5.59. The number of nitrogens with one attached hydrogen (secondary N) is 1. The van der Waals surface area contributed by atoms with Crippen LogP contribution in [0.4, 0.5) is 0 Å². The number of benzene rings is 2. The number of carbonyl (C=O) groups excluding carboxylic acids is 2. The number of methoxy groups -OCH3 is 1. The summed E-state index contributed by atoms with van der Waals surface area (Å²) in [4.78, 5) is 26.4. The van der Waals surface area contributed by atoms with E-state index in [1.165, 1.54) is 7.11 Å². The Morgan fingerprint density at radius 2 is 1.75 bits per heavy atom. The average molecular weight is 438 g/mol. The zero-order chi connectivity index (χ0) is 23.9. The third-order valence-corrected chi connectivity index (χ3v) is 5.59. The molecular weight excluding hydrogens is 406 g/mol. The highest BCUT2D eigenvalue weighted by Crippen LogP contribution is 2.33. The maximum Gasteiger partial charge on any atom is 0.339 e. The Bertz CT molecular complexity index is 998. The molecule has 1 unspecified atom stereocenters. The molecule has 0 aliphatic heterocycles. The van der Waals surface area contributed by atoms with Crippen molar-refractivity contribution in [1.82, 2.24) is 5.32 Å². The lowest BCUT2D eigenvalue weighted by Crippen LogP contribution is -2.54. The molecule has 0 aromatic heterocycles. The summed E-state index contributed by atoms with van der Waals surface area (Å²) in [5, 5.41) is 3.02. The minimum absolute atomic E-state index is 0.0165. The van der Waals surface area contributed by atoms with Crippen molar-refractivity contribution in [2.24, 2.45) is 5.41 Å². The number of carbonyl (C=O) groups is 2. The number of rotatable bonds is 8. The van der Waals surface area contributed by atoms with Crippen molar-refractivity contribution in [2.45, 2.75) is 46.3 Å². The van der Waals surface area contributed by atoms with Crippen LogP contribution in [0.2, 0.25) is 0 Å². The number of terminal acetylenes is 1. The minimum atomic E-state index is -1.25. The SMILES string of the molecule is C#CCOc1ccccc1C(OC(=O)c1cccc(OC)c1)C(=O)NC(C)(C)C(C)(C)C. The highest BCUT2D eigenvalue weighted by molar-refractivity contribution is 5.93. The summed E-state index contributed by atoms with van der Waals surface area (Å²) in [7, 11) is 1.51. The van der Waals surface area contributed by atoms with Gasteiger partial charge in [-0.15, -0.1) is 6.42 Å². The molecule has 0 aliphatic carbocycles. The van der Waals surface area contributed by atoms with Gasteiger partial charge in [0.05, 0.1) is 12.7 Å². The van der Waals surface area contributed by atoms with Crippen LogP contribution in [0.3, 0.4) is 0 Å². The van der Waals surface area contributed by atoms with Gasteiger partial charge in [0.2, 0.25) is 6.10 Å². The standard InChI is InChI=1S/C26H31NO5/c1-8-16-31-21-15-10-9-14-20(21)22(23(28)27-26(5,6)25(2,3)4)32-24(29)18-12-11-13-19(17-18)30-7/h1,9-15,17,22H,16H2,2-7H3,(H,27,28). The van der Waals surface area contributed by atoms with Gasteiger partial charge in [0.1, 0.15) is 18.1 Å². The second-order valence-electron chi connectivity index (χ2n) is 8.91. The van der Waals surface area contributed by atoms with Crippen molar-refractivity contribution in [3.8, 4) is 23.8 Å². The number of hydrogen-bond acceptors (Lipinski definition) is 5. The maximum atomic E-state index is 13.4. The lowest BCUT2D eigenvalue weighted by Gasteiger charge is -2.40. The topological polar surface area (TPSA) is 73.9 Å². The number of hydrogen-bond donors (Lipinski definition) is 1. The van der Waals surface area contributed by atoms with Gasteiger partial charge in [-0.1, -0.05) is 51.0 Å². The van der Waals surface area contributed by atoms with Crippen LogP contribution in [0, 0.1) is 17.8 Å². The molecule has 170 valence electrons. The molecule has 0 bridgehead atoms. The predicted molar refractivity (Wildman–Crippen MR) is 124 cm³/mol. The van der Waals surface area contributed by atoms with E-state index in [9.17, 15) is 9.59 Å². The van der Waals surface area contributed by atoms with Crippen LogP contribution in [-0.4, -0.2) is 31.1 Å². The molecule has 1 amide bonds. The zero-order valence-electron chi connectivity index (χ0n) is 19.5. The Kier molecular flexibility index (Phi) is 7.93. The normalized spacial score (nSPS) is 12.3. The van der Waals surface area contributed by atoms with E-state index in [0.717, 1.165) is 0 Å². The van der Waals surface area contributed by atoms with Crippen LogP contribution in [-0.2, 0) is 9.53 Å². The maximum absolute atomic E-state index is 13.4. The van der Waals surface area contributed by atoms with E-state index in [2.05, 4.69) is 11.2 Å². The molecule has 1 atom stereocenters. The molecule has 2 aromatic carbocycles. The molecule has 1 N–H and O–H groups in total. The zero-order valence-corrected chi connectivity index (χ0v) is 19.5. The molecule has 0 heterocycles. The van der Waals surface area contributed by atoms with Crippen LogP contribution in [0.15, 0.2) is 48.5 Å². The molecule has 0 fully saturated rings. The summed E-state index contributed by atoms with van der Waals surface area (Å²) < 4.78 is 16.5. The van der Waals surface area contributed by atoms with Crippen LogP contribution >= 0.6 is 0 Å². The predicted octanol–water partition coefficient (Wildman–Crippen LogP) is 4.55. The van der Waals surface area contributed by atoms with Gasteiger partial charge in [0.25, 0.3) is 5.91 Å². The number of ether oxygens (including phenoxy) is 3. The first-order valence-electron chi connectivity index (χ1n) is 10.3. The van der Waals surface area contributed by atoms with Gasteiger partial charge in [-0.25, -0.2) is 4.79 Å². The fourth-order valence-electron chi connectivity index (χ4n) is 2.69. The fourth-order valence-corrected chi connectivity index (χ4v) is 2.69. The molecule has 6 nitrogen and oxygen atoms in total. The van der Waals surface area contributed by atoms with Crippen molar-refractivity contribution in [1.29, 1.82) is 0 Å². The van der Waals surface area contributed by atoms with Crippen molar-refractivity contribution in [2.75, 3.05) is 13.7 Å². The molecule has 32 heavy (non-hydrogen) atoms. The van der Waals surface area contributed by atoms with Gasteiger partial charge in [0.15, 0.2) is 0 Å². The first-order valence-corrected chi connectivity index (χ1v) is 10.3. The Morgan fingerprint density at radius 3 is 2.38 bits per heavy atom. The van der Waals surface area contributed by atoms with Gasteiger partial charge in [-0.3, -0.25) is 4.79 Å². The van der Waals surface area contributed by atoms with Gasteiger partial charge in [-0.05, 0) is 43.5 Å². The average Bonchev–Trinajstić information content (AvgIpc) is 2.75. The minimum Gasteiger partial charge on any atom is -0.497 e. The molecule has 2 aromatic rings. The van der Waals surface area contributed by atoms with Crippen LogP contribution in [0.5, 0.6) is 11.5 Å².